The number of thiophene rings is 1. The van der Waals surface area contributed by atoms with Gasteiger partial charge in [0.15, 0.2) is 0 Å². The van der Waals surface area contributed by atoms with Gasteiger partial charge in [-0.05, 0) is 22.9 Å². The predicted molar refractivity (Wildman–Crippen MR) is 59.3 cm³/mol. The van der Waals surface area contributed by atoms with Crippen LogP contribution < -0.4 is 5.73 Å². The second-order valence-electron chi connectivity index (χ2n) is 3.09. The van der Waals surface area contributed by atoms with Crippen molar-refractivity contribution in [3.05, 3.63) is 29.9 Å². The summed E-state index contributed by atoms with van der Waals surface area (Å²) in [7, 11) is 0. The van der Waals surface area contributed by atoms with Gasteiger partial charge in [-0.3, -0.25) is 0 Å². The van der Waals surface area contributed by atoms with Crippen molar-refractivity contribution in [1.29, 1.82) is 0 Å². The first-order valence-electron chi connectivity index (χ1n) is 4.22. The molecule has 0 bridgehead atoms. The number of nitrogen functional groups attached to an aromatic ring is 1. The van der Waals surface area contributed by atoms with Crippen molar-refractivity contribution in [1.82, 2.24) is 9.97 Å². The molecule has 0 radical (unpaired) electrons. The fourth-order valence-electron chi connectivity index (χ4n) is 1.55. The van der Waals surface area contributed by atoms with Gasteiger partial charge in [0.25, 0.3) is 0 Å². The molecular formula is C10H7N3S. The minimum absolute atomic E-state index is 0.552. The standard InChI is InChI=1S/C10H7N3S/c11-9-3-8-6(4-12-9)5-13-10-7(8)1-2-14-10/h1-5H,(H2,11,12). The third-order valence-electron chi connectivity index (χ3n) is 2.21. The molecule has 0 aliphatic rings. The summed E-state index contributed by atoms with van der Waals surface area (Å²) in [5.41, 5.74) is 5.66. The van der Waals surface area contributed by atoms with Crippen molar-refractivity contribution < 1.29 is 0 Å². The summed E-state index contributed by atoms with van der Waals surface area (Å²) in [5.74, 6) is 0.552. The summed E-state index contributed by atoms with van der Waals surface area (Å²) >= 11 is 1.64. The first-order chi connectivity index (χ1) is 6.84. The van der Waals surface area contributed by atoms with Crippen LogP contribution in [-0.4, -0.2) is 9.97 Å². The molecule has 0 saturated heterocycles. The lowest BCUT2D eigenvalue weighted by atomic mass is 10.2. The molecule has 0 amide bonds. The number of pyridine rings is 2. The Kier molecular flexibility index (Phi) is 1.46. The minimum Gasteiger partial charge on any atom is -0.384 e. The van der Waals surface area contributed by atoms with Crippen LogP contribution in [0.5, 0.6) is 0 Å². The summed E-state index contributed by atoms with van der Waals surface area (Å²) < 4.78 is 0. The SMILES string of the molecule is Nc1cc2c(cn1)cnc1sccc12. The van der Waals surface area contributed by atoms with Gasteiger partial charge in [-0.25, -0.2) is 9.97 Å². The lowest BCUT2D eigenvalue weighted by molar-refractivity contribution is 1.36. The molecular weight excluding hydrogens is 194 g/mol. The van der Waals surface area contributed by atoms with Crippen LogP contribution in [0.25, 0.3) is 21.0 Å². The average Bonchev–Trinajstić information content (AvgIpc) is 2.65. The third-order valence-corrected chi connectivity index (χ3v) is 3.03. The Bertz CT molecular complexity index is 615. The topological polar surface area (TPSA) is 51.8 Å². The van der Waals surface area contributed by atoms with E-state index in [9.17, 15) is 0 Å². The summed E-state index contributed by atoms with van der Waals surface area (Å²) in [5, 5.41) is 5.35. The van der Waals surface area contributed by atoms with E-state index >= 15 is 0 Å². The van der Waals surface area contributed by atoms with Crippen LogP contribution in [0.1, 0.15) is 0 Å². The van der Waals surface area contributed by atoms with Crippen LogP contribution in [0.15, 0.2) is 29.9 Å². The molecule has 3 heterocycles. The zero-order chi connectivity index (χ0) is 9.54. The van der Waals surface area contributed by atoms with E-state index in [1.54, 1.807) is 17.5 Å². The van der Waals surface area contributed by atoms with Crippen LogP contribution in [0.4, 0.5) is 5.82 Å². The molecule has 0 aromatic carbocycles. The Hall–Kier alpha value is -1.68. The predicted octanol–water partition coefficient (Wildman–Crippen LogP) is 2.43. The molecule has 0 fully saturated rings. The highest BCUT2D eigenvalue weighted by Crippen LogP contribution is 2.27. The van der Waals surface area contributed by atoms with Gasteiger partial charge in [-0.15, -0.1) is 11.3 Å². The highest BCUT2D eigenvalue weighted by molar-refractivity contribution is 7.16. The normalized spacial score (nSPS) is 11.1. The van der Waals surface area contributed by atoms with E-state index in [-0.39, 0.29) is 0 Å². The minimum atomic E-state index is 0.552. The zero-order valence-corrected chi connectivity index (χ0v) is 8.08. The quantitative estimate of drug-likeness (QED) is 0.607. The summed E-state index contributed by atoms with van der Waals surface area (Å²) in [6, 6.07) is 3.96. The van der Waals surface area contributed by atoms with Crippen LogP contribution in [0.2, 0.25) is 0 Å². The van der Waals surface area contributed by atoms with Crippen molar-refractivity contribution in [2.45, 2.75) is 0 Å². The molecule has 14 heavy (non-hydrogen) atoms. The summed E-state index contributed by atoms with van der Waals surface area (Å²) in [4.78, 5) is 9.42. The van der Waals surface area contributed by atoms with Gasteiger partial charge < -0.3 is 5.73 Å². The first kappa shape index (κ1) is 7.70. The van der Waals surface area contributed by atoms with E-state index in [0.717, 1.165) is 21.0 Å². The lowest BCUT2D eigenvalue weighted by Gasteiger charge is -1.99. The molecule has 0 spiro atoms. The third kappa shape index (κ3) is 0.975. The Morgan fingerprint density at radius 3 is 2.93 bits per heavy atom. The van der Waals surface area contributed by atoms with Crippen LogP contribution in [-0.2, 0) is 0 Å². The molecule has 3 aromatic heterocycles. The monoisotopic (exact) mass is 201 g/mol. The molecule has 3 nitrogen and oxygen atoms in total. The highest BCUT2D eigenvalue weighted by atomic mass is 32.1. The summed E-state index contributed by atoms with van der Waals surface area (Å²) in [6.45, 7) is 0. The fourth-order valence-corrected chi connectivity index (χ4v) is 2.30. The molecule has 0 aliphatic carbocycles. The maximum Gasteiger partial charge on any atom is 0.123 e. The second kappa shape index (κ2) is 2.65. The molecule has 0 atom stereocenters. The Balaban J connectivity index is 2.60. The molecule has 4 heteroatoms. The van der Waals surface area contributed by atoms with Gasteiger partial charge in [-0.2, -0.15) is 0 Å². The number of hydrogen-bond donors (Lipinski definition) is 1. The van der Waals surface area contributed by atoms with Gasteiger partial charge in [-0.1, -0.05) is 0 Å². The lowest BCUT2D eigenvalue weighted by Crippen LogP contribution is -1.89. The zero-order valence-electron chi connectivity index (χ0n) is 7.27. The first-order valence-corrected chi connectivity index (χ1v) is 5.10. The molecule has 0 unspecified atom stereocenters. The molecule has 3 aromatic rings. The Morgan fingerprint density at radius 2 is 2.00 bits per heavy atom. The van der Waals surface area contributed by atoms with Crippen molar-refractivity contribution in [2.24, 2.45) is 0 Å². The maximum absolute atomic E-state index is 5.66. The number of fused-ring (bicyclic) bond motifs is 3. The Morgan fingerprint density at radius 1 is 1.14 bits per heavy atom. The molecule has 68 valence electrons. The molecule has 2 N–H and O–H groups in total. The van der Waals surface area contributed by atoms with E-state index in [4.69, 9.17) is 5.73 Å². The van der Waals surface area contributed by atoms with Gasteiger partial charge in [0.2, 0.25) is 0 Å². The number of rotatable bonds is 0. The molecule has 3 rings (SSSR count). The molecule has 0 saturated carbocycles. The number of aromatic nitrogens is 2. The maximum atomic E-state index is 5.66. The number of anilines is 1. The van der Waals surface area contributed by atoms with E-state index in [1.165, 1.54) is 0 Å². The van der Waals surface area contributed by atoms with Gasteiger partial charge >= 0.3 is 0 Å². The Labute approximate surface area is 84.2 Å². The van der Waals surface area contributed by atoms with E-state index in [2.05, 4.69) is 16.0 Å². The van der Waals surface area contributed by atoms with Gasteiger partial charge in [0.05, 0.1) is 0 Å². The summed E-state index contributed by atoms with van der Waals surface area (Å²) in [6.07, 6.45) is 3.59. The van der Waals surface area contributed by atoms with Crippen LogP contribution in [0.3, 0.4) is 0 Å². The van der Waals surface area contributed by atoms with E-state index < -0.39 is 0 Å². The smallest absolute Gasteiger partial charge is 0.123 e. The molecule has 0 aliphatic heterocycles. The van der Waals surface area contributed by atoms with Gasteiger partial charge in [0, 0.05) is 23.2 Å². The van der Waals surface area contributed by atoms with E-state index in [0.29, 0.717) is 5.82 Å². The van der Waals surface area contributed by atoms with Crippen LogP contribution >= 0.6 is 11.3 Å². The van der Waals surface area contributed by atoms with Crippen molar-refractivity contribution in [3.63, 3.8) is 0 Å². The van der Waals surface area contributed by atoms with Crippen molar-refractivity contribution >= 4 is 38.1 Å². The van der Waals surface area contributed by atoms with Crippen molar-refractivity contribution in [2.75, 3.05) is 5.73 Å². The number of hydrogen-bond acceptors (Lipinski definition) is 4. The highest BCUT2D eigenvalue weighted by Gasteiger charge is 2.02. The number of nitrogens with two attached hydrogens (primary N) is 1. The fraction of sp³-hybridized carbons (Fsp3) is 0. The number of nitrogens with zero attached hydrogens (tertiary/aromatic N) is 2. The van der Waals surface area contributed by atoms with Crippen LogP contribution in [0, 0.1) is 0 Å². The van der Waals surface area contributed by atoms with E-state index in [1.807, 2.05) is 17.6 Å². The van der Waals surface area contributed by atoms with Crippen molar-refractivity contribution in [3.8, 4) is 0 Å². The second-order valence-corrected chi connectivity index (χ2v) is 3.99. The average molecular weight is 201 g/mol. The largest absolute Gasteiger partial charge is 0.384 e. The van der Waals surface area contributed by atoms with Gasteiger partial charge in [0.1, 0.15) is 10.6 Å².